The van der Waals surface area contributed by atoms with Crippen molar-refractivity contribution in [2.75, 3.05) is 23.7 Å². The van der Waals surface area contributed by atoms with Crippen molar-refractivity contribution in [3.05, 3.63) is 64.7 Å². The topological polar surface area (TPSA) is 69.7 Å². The lowest BCUT2D eigenvalue weighted by Gasteiger charge is -2.30. The summed E-state index contributed by atoms with van der Waals surface area (Å²) in [6.07, 6.45) is 3.97. The van der Waals surface area contributed by atoms with Crippen molar-refractivity contribution >= 4 is 33.2 Å². The summed E-state index contributed by atoms with van der Waals surface area (Å²) in [5, 5.41) is 3.30. The van der Waals surface area contributed by atoms with Gasteiger partial charge in [-0.05, 0) is 61.7 Å². The van der Waals surface area contributed by atoms with Gasteiger partial charge in [-0.25, -0.2) is 8.42 Å². The van der Waals surface area contributed by atoms with Crippen LogP contribution in [0.5, 0.6) is 0 Å². The molecule has 1 aliphatic heterocycles. The third kappa shape index (κ3) is 6.45. The van der Waals surface area contributed by atoms with Gasteiger partial charge in [0.25, 0.3) is 0 Å². The summed E-state index contributed by atoms with van der Waals surface area (Å²) >= 11 is 6.05. The van der Waals surface area contributed by atoms with Crippen LogP contribution in [0.4, 0.5) is 5.69 Å². The fraction of sp³-hybridized carbons (Fsp3) is 0.435. The smallest absolute Gasteiger partial charge is 0.244 e. The molecule has 8 heteroatoms. The van der Waals surface area contributed by atoms with Crippen molar-refractivity contribution in [1.29, 1.82) is 0 Å². The summed E-state index contributed by atoms with van der Waals surface area (Å²) in [5.74, 6) is -0.339. The summed E-state index contributed by atoms with van der Waals surface area (Å²) in [6.45, 7) is 5.39. The molecule has 168 valence electrons. The SMILES string of the molecule is CC[C@H](C(=O)NCc1ccc(CN2CCCC2)cc1)N(c1cccc(Cl)c1)S(C)(=O)=O. The van der Waals surface area contributed by atoms with Gasteiger partial charge in [0.2, 0.25) is 15.9 Å². The van der Waals surface area contributed by atoms with Crippen LogP contribution in [0.2, 0.25) is 5.02 Å². The number of amides is 1. The Balaban J connectivity index is 1.66. The third-order valence-electron chi connectivity index (χ3n) is 5.49. The number of benzene rings is 2. The molecule has 0 unspecified atom stereocenters. The largest absolute Gasteiger partial charge is 0.350 e. The van der Waals surface area contributed by atoms with Gasteiger partial charge in [0.15, 0.2) is 0 Å². The number of hydrogen-bond acceptors (Lipinski definition) is 4. The van der Waals surface area contributed by atoms with Crippen LogP contribution in [0.15, 0.2) is 48.5 Å². The predicted molar refractivity (Wildman–Crippen MR) is 126 cm³/mol. The quantitative estimate of drug-likeness (QED) is 0.614. The maximum atomic E-state index is 12.9. The highest BCUT2D eigenvalue weighted by Crippen LogP contribution is 2.25. The van der Waals surface area contributed by atoms with Gasteiger partial charge in [-0.1, -0.05) is 48.9 Å². The van der Waals surface area contributed by atoms with Gasteiger partial charge >= 0.3 is 0 Å². The first-order valence-electron chi connectivity index (χ1n) is 10.6. The van der Waals surface area contributed by atoms with E-state index in [0.717, 1.165) is 35.8 Å². The maximum Gasteiger partial charge on any atom is 0.244 e. The van der Waals surface area contributed by atoms with Gasteiger partial charge in [0.1, 0.15) is 6.04 Å². The van der Waals surface area contributed by atoms with E-state index in [1.807, 2.05) is 12.1 Å². The second-order valence-electron chi connectivity index (χ2n) is 7.98. The van der Waals surface area contributed by atoms with Crippen LogP contribution in [0.3, 0.4) is 0 Å². The zero-order valence-electron chi connectivity index (χ0n) is 18.1. The minimum Gasteiger partial charge on any atom is -0.350 e. The molecule has 1 atom stereocenters. The molecule has 1 N–H and O–H groups in total. The minimum atomic E-state index is -3.68. The monoisotopic (exact) mass is 463 g/mol. The zero-order valence-corrected chi connectivity index (χ0v) is 19.6. The molecule has 0 saturated carbocycles. The first kappa shape index (κ1) is 23.6. The molecule has 1 fully saturated rings. The molecule has 6 nitrogen and oxygen atoms in total. The molecule has 1 aliphatic rings. The van der Waals surface area contributed by atoms with E-state index >= 15 is 0 Å². The zero-order chi connectivity index (χ0) is 22.4. The molecule has 0 spiro atoms. The Kier molecular flexibility index (Phi) is 7.97. The molecule has 2 aromatic rings. The van der Waals surface area contributed by atoms with Gasteiger partial charge < -0.3 is 5.32 Å². The Morgan fingerprint density at radius 1 is 1.13 bits per heavy atom. The summed E-state index contributed by atoms with van der Waals surface area (Å²) in [4.78, 5) is 15.4. The van der Waals surface area contributed by atoms with Crippen molar-refractivity contribution in [3.63, 3.8) is 0 Å². The number of nitrogens with one attached hydrogen (secondary N) is 1. The number of carbonyl (C=O) groups is 1. The number of hydrogen-bond donors (Lipinski definition) is 1. The minimum absolute atomic E-state index is 0.334. The number of rotatable bonds is 9. The summed E-state index contributed by atoms with van der Waals surface area (Å²) in [7, 11) is -3.68. The maximum absolute atomic E-state index is 12.9. The molecule has 31 heavy (non-hydrogen) atoms. The van der Waals surface area contributed by atoms with Crippen molar-refractivity contribution in [1.82, 2.24) is 10.2 Å². The molecule has 1 amide bonds. The van der Waals surface area contributed by atoms with Crippen molar-refractivity contribution in [2.24, 2.45) is 0 Å². The molecule has 1 heterocycles. The van der Waals surface area contributed by atoms with Gasteiger partial charge in [-0.15, -0.1) is 0 Å². The van der Waals surface area contributed by atoms with E-state index in [0.29, 0.717) is 23.7 Å². The van der Waals surface area contributed by atoms with E-state index in [-0.39, 0.29) is 5.91 Å². The first-order valence-corrected chi connectivity index (χ1v) is 12.8. The number of nitrogens with zero attached hydrogens (tertiary/aromatic N) is 2. The lowest BCUT2D eigenvalue weighted by molar-refractivity contribution is -0.122. The summed E-state index contributed by atoms with van der Waals surface area (Å²) < 4.78 is 26.1. The number of halogens is 1. The Bertz CT molecular complexity index is 989. The van der Waals surface area contributed by atoms with Gasteiger partial charge in [0, 0.05) is 18.1 Å². The fourth-order valence-electron chi connectivity index (χ4n) is 3.94. The molecule has 2 aromatic carbocycles. The molecule has 3 rings (SSSR count). The molecular weight excluding hydrogens is 434 g/mol. The van der Waals surface area contributed by atoms with Crippen LogP contribution in [0.1, 0.15) is 37.3 Å². The van der Waals surface area contributed by atoms with E-state index in [9.17, 15) is 13.2 Å². The third-order valence-corrected chi connectivity index (χ3v) is 6.90. The van der Waals surface area contributed by atoms with Gasteiger partial charge in [-0.3, -0.25) is 14.0 Å². The molecule has 0 bridgehead atoms. The van der Waals surface area contributed by atoms with Crippen molar-refractivity contribution in [2.45, 2.75) is 45.3 Å². The molecular formula is C23H30ClN3O3S. The predicted octanol–water partition coefficient (Wildman–Crippen LogP) is 3.80. The van der Waals surface area contributed by atoms with Crippen LogP contribution in [0, 0.1) is 0 Å². The van der Waals surface area contributed by atoms with Crippen LogP contribution in [-0.2, 0) is 27.9 Å². The van der Waals surface area contributed by atoms with E-state index in [2.05, 4.69) is 22.3 Å². The molecule has 0 radical (unpaired) electrons. The standard InChI is InChI=1S/C23H30ClN3O3S/c1-3-22(27(31(2,29)30)21-8-6-7-20(24)15-21)23(28)25-16-18-9-11-19(12-10-18)17-26-13-4-5-14-26/h6-12,15,22H,3-5,13-14,16-17H2,1-2H3,(H,25,28)/t22-/m1/s1. The van der Waals surface area contributed by atoms with Crippen LogP contribution in [-0.4, -0.2) is 44.6 Å². The first-order chi connectivity index (χ1) is 14.8. The Hall–Kier alpha value is -2.09. The fourth-order valence-corrected chi connectivity index (χ4v) is 5.33. The lowest BCUT2D eigenvalue weighted by Crippen LogP contribution is -2.49. The molecule has 0 aliphatic carbocycles. The Labute approximate surface area is 190 Å². The van der Waals surface area contributed by atoms with E-state index < -0.39 is 16.1 Å². The summed E-state index contributed by atoms with van der Waals surface area (Å²) in [6, 6.07) is 13.9. The van der Waals surface area contributed by atoms with Crippen LogP contribution < -0.4 is 9.62 Å². The van der Waals surface area contributed by atoms with Crippen molar-refractivity contribution in [3.8, 4) is 0 Å². The second kappa shape index (κ2) is 10.5. The van der Waals surface area contributed by atoms with E-state index in [4.69, 9.17) is 11.6 Å². The summed E-state index contributed by atoms with van der Waals surface area (Å²) in [5.41, 5.74) is 2.61. The average molecular weight is 464 g/mol. The van der Waals surface area contributed by atoms with E-state index in [1.165, 1.54) is 18.4 Å². The second-order valence-corrected chi connectivity index (χ2v) is 10.3. The number of sulfonamides is 1. The van der Waals surface area contributed by atoms with Crippen molar-refractivity contribution < 1.29 is 13.2 Å². The Morgan fingerprint density at radius 2 is 1.77 bits per heavy atom. The number of carbonyl (C=O) groups excluding carboxylic acids is 1. The molecule has 1 saturated heterocycles. The normalized spacial score (nSPS) is 15.6. The lowest BCUT2D eigenvalue weighted by atomic mass is 10.1. The van der Waals surface area contributed by atoms with Crippen LogP contribution >= 0.6 is 11.6 Å². The average Bonchev–Trinajstić information content (AvgIpc) is 3.23. The highest BCUT2D eigenvalue weighted by molar-refractivity contribution is 7.92. The Morgan fingerprint density at radius 3 is 2.35 bits per heavy atom. The van der Waals surface area contributed by atoms with E-state index in [1.54, 1.807) is 31.2 Å². The highest BCUT2D eigenvalue weighted by atomic mass is 35.5. The van der Waals surface area contributed by atoms with Gasteiger partial charge in [0.05, 0.1) is 11.9 Å². The number of anilines is 1. The highest BCUT2D eigenvalue weighted by Gasteiger charge is 2.31. The van der Waals surface area contributed by atoms with Crippen LogP contribution in [0.25, 0.3) is 0 Å². The molecule has 0 aromatic heterocycles. The number of likely N-dealkylation sites (tertiary alicyclic amines) is 1. The van der Waals surface area contributed by atoms with Gasteiger partial charge in [-0.2, -0.15) is 0 Å².